The molecule has 0 saturated heterocycles. The molecule has 0 atom stereocenters. The molecule has 25 heavy (non-hydrogen) atoms. The van der Waals surface area contributed by atoms with Crippen LogP contribution in [0, 0.1) is 0 Å². The summed E-state index contributed by atoms with van der Waals surface area (Å²) in [6, 6.07) is 6.95. The highest BCUT2D eigenvalue weighted by atomic mass is 16.5. The number of aldehydes is 1. The third-order valence-electron chi connectivity index (χ3n) is 3.46. The van der Waals surface area contributed by atoms with Gasteiger partial charge in [-0.25, -0.2) is 0 Å². The molecule has 2 rings (SSSR count). The van der Waals surface area contributed by atoms with Crippen molar-refractivity contribution >= 4 is 18.4 Å². The fraction of sp³-hybridized carbons (Fsp3) is 0.238. The Balaban J connectivity index is 0.00000151. The summed E-state index contributed by atoms with van der Waals surface area (Å²) in [4.78, 5) is 23.9. The first-order valence-corrected chi connectivity index (χ1v) is 8.31. The van der Waals surface area contributed by atoms with Crippen molar-refractivity contribution in [1.29, 1.82) is 0 Å². The number of rotatable bonds is 5. The monoisotopic (exact) mass is 339 g/mol. The Kier molecular flexibility index (Phi) is 8.13. The van der Waals surface area contributed by atoms with Gasteiger partial charge in [-0.3, -0.25) is 14.2 Å². The van der Waals surface area contributed by atoms with Crippen LogP contribution in [0.15, 0.2) is 47.4 Å². The summed E-state index contributed by atoms with van der Waals surface area (Å²) in [5.74, 6) is 0.482. The molecular weight excluding hydrogens is 314 g/mol. The minimum Gasteiger partial charge on any atom is -0.496 e. The Labute approximate surface area is 149 Å². The smallest absolute Gasteiger partial charge is 0.262 e. The molecule has 4 heteroatoms. The molecule has 0 aliphatic carbocycles. The summed E-state index contributed by atoms with van der Waals surface area (Å²) in [5, 5.41) is 0. The largest absolute Gasteiger partial charge is 0.496 e. The number of allylic oxidation sites excluding steroid dienone is 2. The molecule has 1 heterocycles. The quantitative estimate of drug-likeness (QED) is 0.739. The second-order valence-corrected chi connectivity index (χ2v) is 4.90. The normalized spacial score (nSPS) is 10.6. The lowest BCUT2D eigenvalue weighted by Gasteiger charge is -2.11. The van der Waals surface area contributed by atoms with Gasteiger partial charge in [0.1, 0.15) is 5.75 Å². The maximum atomic E-state index is 12.8. The summed E-state index contributed by atoms with van der Waals surface area (Å²) in [5.41, 5.74) is 2.35. The number of methoxy groups -OCH3 is 1. The topological polar surface area (TPSA) is 48.3 Å². The zero-order valence-electron chi connectivity index (χ0n) is 15.4. The lowest BCUT2D eigenvalue weighted by molar-refractivity contribution is 0.112. The van der Waals surface area contributed by atoms with Crippen LogP contribution in [0.2, 0.25) is 0 Å². The van der Waals surface area contributed by atoms with E-state index in [-0.39, 0.29) is 5.56 Å². The molecule has 0 unspecified atom stereocenters. The average Bonchev–Trinajstić information content (AvgIpc) is 2.66. The highest BCUT2D eigenvalue weighted by molar-refractivity contribution is 5.80. The number of aromatic nitrogens is 1. The number of nitrogens with zero attached hydrogens (tertiary/aromatic N) is 1. The first kappa shape index (κ1) is 20.2. The highest BCUT2D eigenvalue weighted by Gasteiger charge is 2.09. The van der Waals surface area contributed by atoms with E-state index >= 15 is 0 Å². The second kappa shape index (κ2) is 10.1. The van der Waals surface area contributed by atoms with Gasteiger partial charge in [0.2, 0.25) is 0 Å². The maximum Gasteiger partial charge on any atom is 0.262 e. The van der Waals surface area contributed by atoms with Crippen LogP contribution in [0.4, 0.5) is 0 Å². The summed E-state index contributed by atoms with van der Waals surface area (Å²) in [6.45, 7) is 7.78. The zero-order chi connectivity index (χ0) is 18.8. The van der Waals surface area contributed by atoms with Gasteiger partial charge in [-0.1, -0.05) is 38.2 Å². The van der Waals surface area contributed by atoms with E-state index in [1.165, 1.54) is 11.7 Å². The Morgan fingerprint density at radius 2 is 1.68 bits per heavy atom. The SMILES string of the molecule is C/C=C\c1ccn(-c2ccc(OC)c(C=O)c2)c(=O)c1/C=C\C.CC. The Morgan fingerprint density at radius 1 is 1.00 bits per heavy atom. The van der Waals surface area contributed by atoms with Gasteiger partial charge in [-0.2, -0.15) is 0 Å². The molecule has 0 saturated carbocycles. The van der Waals surface area contributed by atoms with Gasteiger partial charge in [0.15, 0.2) is 6.29 Å². The van der Waals surface area contributed by atoms with Crippen LogP contribution in [-0.2, 0) is 0 Å². The second-order valence-electron chi connectivity index (χ2n) is 4.90. The van der Waals surface area contributed by atoms with E-state index in [1.807, 2.05) is 52.0 Å². The van der Waals surface area contributed by atoms with Crippen LogP contribution in [0.25, 0.3) is 17.8 Å². The predicted octanol–water partition coefficient (Wildman–Crippen LogP) is 4.75. The third-order valence-corrected chi connectivity index (χ3v) is 3.46. The van der Waals surface area contributed by atoms with Crippen LogP contribution >= 0.6 is 0 Å². The lowest BCUT2D eigenvalue weighted by Crippen LogP contribution is -2.21. The number of hydrogen-bond acceptors (Lipinski definition) is 3. The van der Waals surface area contributed by atoms with E-state index in [1.54, 1.807) is 30.5 Å². The molecule has 0 amide bonds. The van der Waals surface area contributed by atoms with Crippen molar-refractivity contribution in [1.82, 2.24) is 4.57 Å². The van der Waals surface area contributed by atoms with Gasteiger partial charge in [-0.15, -0.1) is 0 Å². The first-order chi connectivity index (χ1) is 12.2. The lowest BCUT2D eigenvalue weighted by atomic mass is 10.1. The van der Waals surface area contributed by atoms with Crippen molar-refractivity contribution in [3.05, 3.63) is 69.7 Å². The zero-order valence-corrected chi connectivity index (χ0v) is 15.4. The van der Waals surface area contributed by atoms with Gasteiger partial charge in [0.25, 0.3) is 5.56 Å². The molecule has 132 valence electrons. The van der Waals surface area contributed by atoms with Gasteiger partial charge < -0.3 is 4.74 Å². The number of carbonyl (C=O) groups excluding carboxylic acids is 1. The van der Waals surface area contributed by atoms with E-state index in [2.05, 4.69) is 0 Å². The van der Waals surface area contributed by atoms with Gasteiger partial charge >= 0.3 is 0 Å². The van der Waals surface area contributed by atoms with Crippen LogP contribution in [0.3, 0.4) is 0 Å². The molecule has 0 bridgehead atoms. The number of ether oxygens (including phenoxy) is 1. The molecule has 0 aliphatic rings. The molecular formula is C21H25NO3. The van der Waals surface area contributed by atoms with Crippen molar-refractivity contribution < 1.29 is 9.53 Å². The van der Waals surface area contributed by atoms with Crippen molar-refractivity contribution in [2.45, 2.75) is 27.7 Å². The van der Waals surface area contributed by atoms with Crippen molar-refractivity contribution in [2.24, 2.45) is 0 Å². The molecule has 1 aromatic heterocycles. The van der Waals surface area contributed by atoms with Crippen LogP contribution in [0.1, 0.15) is 49.2 Å². The molecule has 0 radical (unpaired) electrons. The number of hydrogen-bond donors (Lipinski definition) is 0. The molecule has 0 N–H and O–H groups in total. The Morgan fingerprint density at radius 3 is 2.24 bits per heavy atom. The van der Waals surface area contributed by atoms with Crippen LogP contribution < -0.4 is 10.3 Å². The third kappa shape index (κ3) is 4.57. The maximum absolute atomic E-state index is 12.8. The summed E-state index contributed by atoms with van der Waals surface area (Å²) >= 11 is 0. The molecule has 4 nitrogen and oxygen atoms in total. The fourth-order valence-corrected chi connectivity index (χ4v) is 2.39. The molecule has 0 fully saturated rings. The van der Waals surface area contributed by atoms with Gasteiger partial charge in [0, 0.05) is 17.4 Å². The Bertz CT molecular complexity index is 830. The molecule has 1 aromatic carbocycles. The van der Waals surface area contributed by atoms with Crippen molar-refractivity contribution in [2.75, 3.05) is 7.11 Å². The number of carbonyl (C=O) groups is 1. The van der Waals surface area contributed by atoms with Crippen LogP contribution in [0.5, 0.6) is 5.75 Å². The van der Waals surface area contributed by atoms with E-state index in [0.717, 1.165) is 5.56 Å². The Hall–Kier alpha value is -2.88. The van der Waals surface area contributed by atoms with Gasteiger partial charge in [-0.05, 0) is 43.7 Å². The van der Waals surface area contributed by atoms with Crippen molar-refractivity contribution in [3.8, 4) is 11.4 Å². The standard InChI is InChI=1S/C19H19NO3.C2H6/c1-4-6-14-10-11-20(19(22)17(14)7-5-2)16-8-9-18(23-3)15(12-16)13-21;1-2/h4-13H,1-3H3;1-2H3/b6-4-,7-5-;. The summed E-state index contributed by atoms with van der Waals surface area (Å²) in [7, 11) is 1.50. The number of benzene rings is 1. The average molecular weight is 339 g/mol. The highest BCUT2D eigenvalue weighted by Crippen LogP contribution is 2.20. The van der Waals surface area contributed by atoms with E-state index in [9.17, 15) is 9.59 Å². The van der Waals surface area contributed by atoms with Crippen LogP contribution in [-0.4, -0.2) is 18.0 Å². The van der Waals surface area contributed by atoms with E-state index in [0.29, 0.717) is 28.8 Å². The minimum atomic E-state index is -0.138. The van der Waals surface area contributed by atoms with E-state index in [4.69, 9.17) is 4.74 Å². The van der Waals surface area contributed by atoms with Gasteiger partial charge in [0.05, 0.1) is 12.7 Å². The van der Waals surface area contributed by atoms with Crippen molar-refractivity contribution in [3.63, 3.8) is 0 Å². The fourth-order valence-electron chi connectivity index (χ4n) is 2.39. The molecule has 0 spiro atoms. The summed E-state index contributed by atoms with van der Waals surface area (Å²) in [6.07, 6.45) is 9.84. The molecule has 0 aliphatic heterocycles. The number of pyridine rings is 1. The molecule has 2 aromatic rings. The minimum absolute atomic E-state index is 0.138. The van der Waals surface area contributed by atoms with E-state index < -0.39 is 0 Å². The summed E-state index contributed by atoms with van der Waals surface area (Å²) < 4.78 is 6.65. The predicted molar refractivity (Wildman–Crippen MR) is 105 cm³/mol. The first-order valence-electron chi connectivity index (χ1n) is 8.31.